The van der Waals surface area contributed by atoms with Crippen molar-refractivity contribution in [1.82, 2.24) is 10.6 Å². The van der Waals surface area contributed by atoms with Crippen LogP contribution in [0.3, 0.4) is 0 Å². The highest BCUT2D eigenvalue weighted by Crippen LogP contribution is 2.17. The number of hydrogen-bond donors (Lipinski definition) is 3. The minimum Gasteiger partial charge on any atom is -0.478 e. The topological polar surface area (TPSA) is 113 Å². The lowest BCUT2D eigenvalue weighted by atomic mass is 10.2. The summed E-state index contributed by atoms with van der Waals surface area (Å²) in [6.07, 6.45) is 0. The van der Waals surface area contributed by atoms with Gasteiger partial charge in [0.1, 0.15) is 5.25 Å². The number of carbonyl (C=O) groups is 3. The Morgan fingerprint density at radius 3 is 2.40 bits per heavy atom. The van der Waals surface area contributed by atoms with E-state index >= 15 is 0 Å². The van der Waals surface area contributed by atoms with E-state index in [4.69, 9.17) is 5.11 Å². The molecular formula is C12H14N2O5S. The van der Waals surface area contributed by atoms with Crippen LogP contribution < -0.4 is 10.6 Å². The molecule has 0 aliphatic heterocycles. The van der Waals surface area contributed by atoms with Crippen LogP contribution in [0.5, 0.6) is 0 Å². The molecule has 8 heteroatoms. The van der Waals surface area contributed by atoms with E-state index in [1.165, 1.54) is 38.2 Å². The van der Waals surface area contributed by atoms with Crippen LogP contribution in [-0.4, -0.2) is 39.5 Å². The summed E-state index contributed by atoms with van der Waals surface area (Å²) in [5.41, 5.74) is -0.134. The smallest absolute Gasteiger partial charge is 0.336 e. The second kappa shape index (κ2) is 6.80. The maximum absolute atomic E-state index is 12.2. The average Bonchev–Trinajstić information content (AvgIpc) is 2.45. The van der Waals surface area contributed by atoms with E-state index < -0.39 is 34.0 Å². The monoisotopic (exact) mass is 298 g/mol. The number of urea groups is 1. The third-order valence-electron chi connectivity index (χ3n) is 2.49. The molecule has 0 heterocycles. The van der Waals surface area contributed by atoms with Crippen molar-refractivity contribution in [2.24, 2.45) is 0 Å². The summed E-state index contributed by atoms with van der Waals surface area (Å²) in [7, 11) is -0.544. The molecule has 0 bridgehead atoms. The minimum atomic E-state index is -1.88. The maximum atomic E-state index is 12.2. The first-order valence-electron chi connectivity index (χ1n) is 5.64. The molecule has 0 saturated heterocycles. The average molecular weight is 298 g/mol. The second-order valence-electron chi connectivity index (χ2n) is 3.81. The number of carboxylic acids is 1. The van der Waals surface area contributed by atoms with Gasteiger partial charge in [-0.3, -0.25) is 14.3 Å². The molecule has 0 fully saturated rings. The highest BCUT2D eigenvalue weighted by molar-refractivity contribution is 7.86. The Morgan fingerprint density at radius 1 is 1.25 bits per heavy atom. The summed E-state index contributed by atoms with van der Waals surface area (Å²) in [6, 6.07) is 5.00. The number of nitrogens with one attached hydrogen (secondary N) is 2. The summed E-state index contributed by atoms with van der Waals surface area (Å²) in [5.74, 6) is -1.98. The molecule has 1 aromatic carbocycles. The van der Waals surface area contributed by atoms with Crippen molar-refractivity contribution in [3.63, 3.8) is 0 Å². The molecule has 3 amide bonds. The molecule has 108 valence electrons. The third-order valence-corrected chi connectivity index (χ3v) is 4.13. The van der Waals surface area contributed by atoms with Gasteiger partial charge in [-0.1, -0.05) is 12.1 Å². The van der Waals surface area contributed by atoms with Gasteiger partial charge in [-0.05, 0) is 19.1 Å². The Bertz CT molecular complexity index is 573. The number of amides is 3. The van der Waals surface area contributed by atoms with Crippen LogP contribution in [0.1, 0.15) is 17.3 Å². The van der Waals surface area contributed by atoms with Gasteiger partial charge in [0.15, 0.2) is 0 Å². The fraction of sp³-hybridized carbons (Fsp3) is 0.250. The lowest BCUT2D eigenvalue weighted by Gasteiger charge is -2.12. The fourth-order valence-corrected chi connectivity index (χ4v) is 2.60. The largest absolute Gasteiger partial charge is 0.478 e. The summed E-state index contributed by atoms with van der Waals surface area (Å²) >= 11 is 0. The number of imide groups is 1. The zero-order valence-corrected chi connectivity index (χ0v) is 11.7. The van der Waals surface area contributed by atoms with Crippen molar-refractivity contribution in [3.05, 3.63) is 29.8 Å². The molecule has 2 atom stereocenters. The van der Waals surface area contributed by atoms with Crippen molar-refractivity contribution in [1.29, 1.82) is 0 Å². The van der Waals surface area contributed by atoms with Crippen LogP contribution in [0.25, 0.3) is 0 Å². The molecular weight excluding hydrogens is 284 g/mol. The minimum absolute atomic E-state index is 0.0413. The van der Waals surface area contributed by atoms with Crippen molar-refractivity contribution in [2.75, 3.05) is 7.05 Å². The van der Waals surface area contributed by atoms with E-state index in [0.29, 0.717) is 0 Å². The Labute approximate surface area is 117 Å². The Balaban J connectivity index is 2.98. The van der Waals surface area contributed by atoms with Crippen LogP contribution in [-0.2, 0) is 15.6 Å². The number of rotatable bonds is 4. The molecule has 0 radical (unpaired) electrons. The van der Waals surface area contributed by atoms with Gasteiger partial charge in [-0.15, -0.1) is 0 Å². The third kappa shape index (κ3) is 3.64. The Kier molecular flexibility index (Phi) is 5.39. The van der Waals surface area contributed by atoms with E-state index in [2.05, 4.69) is 5.32 Å². The van der Waals surface area contributed by atoms with E-state index in [1.54, 1.807) is 0 Å². The number of aromatic carboxylic acids is 1. The van der Waals surface area contributed by atoms with Crippen LogP contribution in [0.2, 0.25) is 0 Å². The van der Waals surface area contributed by atoms with Gasteiger partial charge in [0, 0.05) is 7.05 Å². The lowest BCUT2D eigenvalue weighted by Crippen LogP contribution is -2.43. The predicted octanol–water partition coefficient (Wildman–Crippen LogP) is 0.336. The first kappa shape index (κ1) is 15.8. The van der Waals surface area contributed by atoms with Crippen LogP contribution in [0.4, 0.5) is 4.79 Å². The van der Waals surface area contributed by atoms with Crippen LogP contribution in [0.15, 0.2) is 29.2 Å². The van der Waals surface area contributed by atoms with Crippen molar-refractivity contribution < 1.29 is 23.7 Å². The Hall–Kier alpha value is -2.22. The molecule has 0 aliphatic carbocycles. The van der Waals surface area contributed by atoms with E-state index in [1.807, 2.05) is 5.32 Å². The van der Waals surface area contributed by atoms with Crippen molar-refractivity contribution in [2.45, 2.75) is 17.1 Å². The molecule has 7 nitrogen and oxygen atoms in total. The van der Waals surface area contributed by atoms with Crippen molar-refractivity contribution >= 4 is 28.7 Å². The molecule has 0 spiro atoms. The normalized spacial score (nSPS) is 13.1. The highest BCUT2D eigenvalue weighted by Gasteiger charge is 2.25. The zero-order valence-electron chi connectivity index (χ0n) is 10.9. The van der Waals surface area contributed by atoms with Gasteiger partial charge in [0.05, 0.1) is 21.3 Å². The molecule has 3 N–H and O–H groups in total. The Morgan fingerprint density at radius 2 is 1.85 bits per heavy atom. The van der Waals surface area contributed by atoms with E-state index in [9.17, 15) is 18.6 Å². The highest BCUT2D eigenvalue weighted by atomic mass is 32.2. The fourth-order valence-electron chi connectivity index (χ4n) is 1.38. The van der Waals surface area contributed by atoms with Gasteiger partial charge in [-0.2, -0.15) is 0 Å². The number of carboxylic acid groups (broad SMARTS) is 1. The van der Waals surface area contributed by atoms with Gasteiger partial charge in [0.25, 0.3) is 0 Å². The molecule has 0 saturated carbocycles. The number of hydrogen-bond acceptors (Lipinski definition) is 4. The van der Waals surface area contributed by atoms with E-state index in [-0.39, 0.29) is 10.5 Å². The van der Waals surface area contributed by atoms with Gasteiger partial charge in [-0.25, -0.2) is 9.59 Å². The summed E-state index contributed by atoms with van der Waals surface area (Å²) in [6.45, 7) is 1.35. The quantitative estimate of drug-likeness (QED) is 0.742. The summed E-state index contributed by atoms with van der Waals surface area (Å²) < 4.78 is 12.2. The first-order valence-corrected chi connectivity index (χ1v) is 6.85. The van der Waals surface area contributed by atoms with Crippen LogP contribution in [0, 0.1) is 0 Å². The first-order chi connectivity index (χ1) is 9.38. The van der Waals surface area contributed by atoms with Crippen molar-refractivity contribution in [3.8, 4) is 0 Å². The lowest BCUT2D eigenvalue weighted by molar-refractivity contribution is -0.119. The summed E-state index contributed by atoms with van der Waals surface area (Å²) in [4.78, 5) is 33.8. The maximum Gasteiger partial charge on any atom is 0.336 e. The van der Waals surface area contributed by atoms with Gasteiger partial charge < -0.3 is 10.4 Å². The van der Waals surface area contributed by atoms with Gasteiger partial charge in [0.2, 0.25) is 5.91 Å². The summed E-state index contributed by atoms with van der Waals surface area (Å²) in [5, 5.41) is 12.2. The second-order valence-corrected chi connectivity index (χ2v) is 5.55. The van der Waals surface area contributed by atoms with Gasteiger partial charge >= 0.3 is 12.0 Å². The van der Waals surface area contributed by atoms with Crippen LogP contribution >= 0.6 is 0 Å². The standard InChI is InChI=1S/C12H14N2O5S/c1-7(10(15)14-12(18)13-2)20(19)9-6-4-3-5-8(9)11(16)17/h3-7H,1-2H3,(H,16,17)(H2,13,14,15,18). The molecule has 2 unspecified atom stereocenters. The molecule has 1 rings (SSSR count). The molecule has 1 aromatic rings. The molecule has 0 aromatic heterocycles. The molecule has 0 aliphatic rings. The predicted molar refractivity (Wildman–Crippen MR) is 71.9 cm³/mol. The van der Waals surface area contributed by atoms with E-state index in [0.717, 1.165) is 0 Å². The SMILES string of the molecule is CNC(=O)NC(=O)C(C)S(=O)c1ccccc1C(=O)O. The number of benzene rings is 1. The zero-order chi connectivity index (χ0) is 15.3. The number of carbonyl (C=O) groups excluding carboxylic acids is 2. The molecule has 20 heavy (non-hydrogen) atoms.